The number of hydrogen-bond acceptors (Lipinski definition) is 32. The molecule has 110 heavy (non-hydrogen) atoms. The fraction of sp³-hybridized carbons (Fsp3) is 0.585. The first kappa shape index (κ1) is 88.4. The molecule has 42 nitrogen and oxygen atoms in total. The number of aromatic amines is 4. The summed E-state index contributed by atoms with van der Waals surface area (Å²) in [4.78, 5) is 169. The number of carbonyl (C=O) groups excluding carboxylic acids is 3. The van der Waals surface area contributed by atoms with Gasteiger partial charge in [-0.2, -0.15) is 0 Å². The first-order valence-corrected chi connectivity index (χ1v) is 37.1. The quantitative estimate of drug-likeness (QED) is 0.0179. The molecule has 0 aromatic carbocycles. The van der Waals surface area contributed by atoms with Gasteiger partial charge in [-0.3, -0.25) is 85.9 Å². The zero-order valence-electron chi connectivity index (χ0n) is 61.2. The Morgan fingerprint density at radius 3 is 1.21 bits per heavy atom. The van der Waals surface area contributed by atoms with Crippen LogP contribution < -0.4 is 38.6 Å². The third kappa shape index (κ3) is 24.9. The van der Waals surface area contributed by atoms with E-state index in [1.807, 2.05) is 78.6 Å². The van der Waals surface area contributed by atoms with Crippen LogP contribution in [0.4, 0.5) is 4.70 Å². The Balaban J connectivity index is 0.000000221. The standard InChI is InChI=1S/C23H31N6O9P.C19H27N4O10P.C19H26N4O7.C4H6N2.FH/c1-15-24-6-7-29(15)39(34,35)37-14-19-18(30)11-20(38-19)28-12-16(21(31)25-23(28)33)5-4-10-36-22(32)17-13-26(2)8-9-27(17)3;1-21-5-6-22(2)13(10-21)18(26)31-7-3-4-12-9-23(19(27)20-17(12)25)16-8-14(24)15(33-16)11-32-34(28,29)30;1-21-5-6-22(2)13(10-21)18(27)29-7-3-4-12-9-23(19(28)20-17(12)26)16-8-14(25)15(11-24)30-16;1-4-5-2-3-6-4;/h6-7,12,17-20,30H,8-11,13-14H2,1-3H3,(H,34,35)(H,25,31,33);9,13-16,24H,5-8,10-11H2,1-2H3,(H,20,25,27)(H2,28,29,30);9,13-16,24-25H,5-8,10-11H2,1-2H3,(H,20,26,28);2-3H,1H3,(H,5,6);1H/p-1/t17?,18?,19-,20-;2*13?,14?,15-,16-;;/m111../s1. The lowest BCUT2D eigenvalue weighted by atomic mass is 10.2. The number of aryl methyl sites for hydroxylation is 2. The van der Waals surface area contributed by atoms with Crippen LogP contribution in [0.5, 0.6) is 0 Å². The molecule has 5 aromatic heterocycles. The number of rotatable bonds is 17. The monoisotopic (exact) mass is 1590 g/mol. The molecule has 0 bridgehead atoms. The maximum Gasteiger partial charge on any atom is 0.437 e. The molecular weight excluding hydrogens is 1500 g/mol. The van der Waals surface area contributed by atoms with E-state index in [-0.39, 0.29) is 84.9 Å². The van der Waals surface area contributed by atoms with Gasteiger partial charge in [0.15, 0.2) is 19.8 Å². The Morgan fingerprint density at radius 2 is 0.909 bits per heavy atom. The third-order valence-corrected chi connectivity index (χ3v) is 20.0. The number of phosphoric acid groups is 1. The number of piperazine rings is 3. The maximum absolute atomic E-state index is 12.5. The van der Waals surface area contributed by atoms with Crippen molar-refractivity contribution in [2.45, 2.75) is 107 Å². The lowest BCUT2D eigenvalue weighted by Crippen LogP contribution is -2.54. The molecule has 10 N–H and O–H groups in total. The third-order valence-electron chi connectivity index (χ3n) is 18.0. The molecule has 11 heterocycles. The van der Waals surface area contributed by atoms with Gasteiger partial charge in [0, 0.05) is 122 Å². The van der Waals surface area contributed by atoms with Crippen molar-refractivity contribution in [2.24, 2.45) is 0 Å². The van der Waals surface area contributed by atoms with Crippen molar-refractivity contribution >= 4 is 33.5 Å². The summed E-state index contributed by atoms with van der Waals surface area (Å²) in [5.74, 6) is 15.5. The van der Waals surface area contributed by atoms with Crippen LogP contribution >= 0.6 is 15.6 Å². The van der Waals surface area contributed by atoms with Crippen LogP contribution in [0.3, 0.4) is 0 Å². The molecule has 0 radical (unpaired) electrons. The number of ether oxygens (including phenoxy) is 6. The molecule has 45 heteroatoms. The van der Waals surface area contributed by atoms with E-state index in [0.717, 1.165) is 69.3 Å². The molecule has 8 unspecified atom stereocenters. The summed E-state index contributed by atoms with van der Waals surface area (Å²) in [5, 5.41) is 39.5. The van der Waals surface area contributed by atoms with Gasteiger partial charge in [-0.25, -0.2) is 33.3 Å². The average Bonchev–Trinajstić information content (AvgIpc) is 1.52. The van der Waals surface area contributed by atoms with Crippen LogP contribution in [-0.2, 0) is 61.0 Å². The number of phosphoric ester groups is 1. The van der Waals surface area contributed by atoms with E-state index >= 15 is 0 Å². The van der Waals surface area contributed by atoms with Crippen LogP contribution in [0.15, 0.2) is 72.1 Å². The van der Waals surface area contributed by atoms with Crippen LogP contribution in [0.25, 0.3) is 0 Å². The van der Waals surface area contributed by atoms with E-state index in [2.05, 4.69) is 70.0 Å². The molecule has 6 fully saturated rings. The maximum atomic E-state index is 12.5. The molecule has 0 aliphatic carbocycles. The zero-order valence-corrected chi connectivity index (χ0v) is 63.0. The number of esters is 3. The van der Waals surface area contributed by atoms with Gasteiger partial charge in [-0.15, -0.1) is 0 Å². The SMILES string of the molecule is CN1CCN(C)C(C(=O)OCC#Cc2cn([C@H]3CC(O)[C@@H](CO)O3)c(=O)[nH]c2=O)C1.CN1CCN(C)C(C(=O)OCC#Cc2cn([C@H]3CC(O)[C@@H](COP(=O)([O-])O)O3)c(=O)[nH]c2=O)C1.Cc1ncc[nH]1.Cc1nccn1P(=O)(O)OC[C@H]1O[C@@H](n2cc(C#CCOC(=O)C3CN(C)CCN3C)c(=O)[nH]c2=O)CC1O.F. The highest BCUT2D eigenvalue weighted by Crippen LogP contribution is 2.45. The Kier molecular flexibility index (Phi) is 32.5. The van der Waals surface area contributed by atoms with Gasteiger partial charge in [0.2, 0.25) is 0 Å². The van der Waals surface area contributed by atoms with Crippen molar-refractivity contribution in [1.82, 2.24) is 77.3 Å². The summed E-state index contributed by atoms with van der Waals surface area (Å²) in [6.45, 7) is 7.65. The highest BCUT2D eigenvalue weighted by atomic mass is 31.2. The minimum absolute atomic E-state index is 0. The van der Waals surface area contributed by atoms with Crippen molar-refractivity contribution in [1.29, 1.82) is 0 Å². The van der Waals surface area contributed by atoms with Gasteiger partial charge in [-0.05, 0) is 56.1 Å². The number of aromatic nitrogens is 10. The zero-order chi connectivity index (χ0) is 79.6. The molecule has 604 valence electrons. The number of likely N-dealkylation sites (N-methyl/N-ethyl adjacent to an activating group) is 6. The van der Waals surface area contributed by atoms with Crippen LogP contribution in [-0.4, -0.2) is 321 Å². The lowest BCUT2D eigenvalue weighted by Gasteiger charge is -2.35. The van der Waals surface area contributed by atoms with Crippen molar-refractivity contribution in [2.75, 3.05) is 141 Å². The number of nitrogens with one attached hydrogen (secondary N) is 4. The number of carbonyl (C=O) groups is 3. The number of hydrogen-bond donors (Lipinski definition) is 10. The predicted octanol–water partition coefficient (Wildman–Crippen LogP) is -6.51. The van der Waals surface area contributed by atoms with Crippen LogP contribution in [0.2, 0.25) is 0 Å². The molecule has 11 rings (SSSR count). The number of imidazole rings is 2. The molecule has 5 aromatic rings. The normalized spacial score (nSPS) is 25.6. The summed E-state index contributed by atoms with van der Waals surface area (Å²) in [6, 6.07) is -1.21. The summed E-state index contributed by atoms with van der Waals surface area (Å²) in [6.07, 6.45) is 0.570. The molecule has 6 aliphatic rings. The predicted molar refractivity (Wildman–Crippen MR) is 380 cm³/mol. The van der Waals surface area contributed by atoms with E-state index in [4.69, 9.17) is 37.8 Å². The van der Waals surface area contributed by atoms with E-state index in [1.54, 1.807) is 12.4 Å². The van der Waals surface area contributed by atoms with E-state index in [1.165, 1.54) is 31.7 Å². The topological polar surface area (TPSA) is 534 Å². The first-order chi connectivity index (χ1) is 51.6. The largest absolute Gasteiger partial charge is 0.756 e. The smallest absolute Gasteiger partial charge is 0.437 e. The highest BCUT2D eigenvalue weighted by Gasteiger charge is 2.41. The van der Waals surface area contributed by atoms with Crippen molar-refractivity contribution in [3.63, 3.8) is 0 Å². The first-order valence-electron chi connectivity index (χ1n) is 34.0. The molecule has 0 spiro atoms. The fourth-order valence-electron chi connectivity index (χ4n) is 11.7. The van der Waals surface area contributed by atoms with Gasteiger partial charge in [0.1, 0.15) is 83.5 Å². The fourth-order valence-corrected chi connectivity index (χ4v) is 13.1. The van der Waals surface area contributed by atoms with E-state index in [9.17, 15) is 82.5 Å². The minimum atomic E-state index is -5.02. The van der Waals surface area contributed by atoms with Gasteiger partial charge in [-0.1, -0.05) is 35.5 Å². The average molecular weight is 1590 g/mol. The molecule has 6 saturated heterocycles. The highest BCUT2D eigenvalue weighted by molar-refractivity contribution is 7.51. The second-order valence-electron chi connectivity index (χ2n) is 26.2. The molecule has 0 amide bonds. The summed E-state index contributed by atoms with van der Waals surface area (Å²) in [7, 11) is 2.00. The number of aliphatic hydroxyl groups is 4. The summed E-state index contributed by atoms with van der Waals surface area (Å²) in [5.41, 5.74) is -4.71. The molecule has 0 saturated carbocycles. The van der Waals surface area contributed by atoms with Crippen molar-refractivity contribution in [3.8, 4) is 35.5 Å². The second kappa shape index (κ2) is 40.4. The number of aliphatic hydroxyl groups excluding tert-OH is 4. The van der Waals surface area contributed by atoms with Crippen molar-refractivity contribution in [3.05, 3.63) is 134 Å². The molecular formula is C65H90FN16O26P2-. The van der Waals surface area contributed by atoms with Crippen LogP contribution in [0.1, 0.15) is 66.3 Å². The van der Waals surface area contributed by atoms with Gasteiger partial charge < -0.3 is 87.7 Å². The van der Waals surface area contributed by atoms with Gasteiger partial charge >= 0.3 is 42.7 Å². The van der Waals surface area contributed by atoms with Crippen LogP contribution in [0, 0.1) is 49.4 Å². The van der Waals surface area contributed by atoms with Gasteiger partial charge in [0.05, 0.1) is 38.1 Å². The molecule has 14 atom stereocenters. The number of nitrogens with zero attached hydrogens (tertiary/aromatic N) is 12. The van der Waals surface area contributed by atoms with E-state index < -0.39 is 142 Å². The Morgan fingerprint density at radius 1 is 0.555 bits per heavy atom. The minimum Gasteiger partial charge on any atom is -0.756 e. The Hall–Kier alpha value is -8.78. The van der Waals surface area contributed by atoms with E-state index in [0.29, 0.717) is 19.6 Å². The Bertz CT molecular complexity index is 4640. The summed E-state index contributed by atoms with van der Waals surface area (Å²) >= 11 is 0. The Labute approximate surface area is 626 Å². The number of H-pyrrole nitrogens is 4. The second-order valence-corrected chi connectivity index (χ2v) is 29.0. The molecule has 6 aliphatic heterocycles. The summed E-state index contributed by atoms with van der Waals surface area (Å²) < 4.78 is 69.0. The van der Waals surface area contributed by atoms with Gasteiger partial charge in [0.25, 0.3) is 24.5 Å². The lowest BCUT2D eigenvalue weighted by molar-refractivity contribution is -0.223. The number of halogens is 1. The van der Waals surface area contributed by atoms with Crippen molar-refractivity contribution < 1.29 is 101 Å².